The van der Waals surface area contributed by atoms with E-state index in [0.717, 1.165) is 16.5 Å². The van der Waals surface area contributed by atoms with Gasteiger partial charge in [-0.05, 0) is 22.8 Å². The van der Waals surface area contributed by atoms with E-state index in [2.05, 4.69) is 22.4 Å². The fraction of sp³-hybridized carbons (Fsp3) is 0.200. The minimum atomic E-state index is -0.0592. The number of hydrogen-bond donors (Lipinski definition) is 1. The highest BCUT2D eigenvalue weighted by atomic mass is 16.5. The zero-order valence-electron chi connectivity index (χ0n) is 14.0. The minimum Gasteiger partial charge on any atom is -0.481 e. The Morgan fingerprint density at radius 2 is 1.80 bits per heavy atom. The lowest BCUT2D eigenvalue weighted by Gasteiger charge is -2.17. The van der Waals surface area contributed by atoms with E-state index >= 15 is 0 Å². The van der Waals surface area contributed by atoms with Crippen LogP contribution < -0.4 is 10.1 Å². The molecule has 126 valence electrons. The van der Waals surface area contributed by atoms with Crippen LogP contribution in [0, 0.1) is 0 Å². The molecule has 5 heteroatoms. The Balaban J connectivity index is 1.50. The van der Waals surface area contributed by atoms with Gasteiger partial charge in [-0.15, -0.1) is 0 Å². The number of fused-ring (bicyclic) bond motifs is 2. The Bertz CT molecular complexity index is 914. The fourth-order valence-electron chi connectivity index (χ4n) is 3.23. The predicted molar refractivity (Wildman–Crippen MR) is 96.2 cm³/mol. The minimum absolute atomic E-state index is 0.0592. The Labute approximate surface area is 146 Å². The molecule has 5 nitrogen and oxygen atoms in total. The van der Waals surface area contributed by atoms with Crippen LogP contribution in [0.3, 0.4) is 0 Å². The lowest BCUT2D eigenvalue weighted by Crippen LogP contribution is -2.36. The highest BCUT2D eigenvalue weighted by molar-refractivity contribution is 5.83. The van der Waals surface area contributed by atoms with E-state index in [1.807, 2.05) is 47.4 Å². The third kappa shape index (κ3) is 3.01. The number of aromatic nitrogens is 1. The Kier molecular flexibility index (Phi) is 3.98. The third-order valence-electron chi connectivity index (χ3n) is 4.55. The number of methoxy groups -OCH3 is 1. The molecule has 1 aliphatic heterocycles. The first-order valence-electron chi connectivity index (χ1n) is 8.27. The van der Waals surface area contributed by atoms with Crippen LogP contribution in [0.4, 0.5) is 4.79 Å². The van der Waals surface area contributed by atoms with Gasteiger partial charge in [0.25, 0.3) is 0 Å². The van der Waals surface area contributed by atoms with Crippen LogP contribution in [0.15, 0.2) is 54.6 Å². The van der Waals surface area contributed by atoms with Crippen molar-refractivity contribution in [3.63, 3.8) is 0 Å². The Morgan fingerprint density at radius 3 is 2.52 bits per heavy atom. The van der Waals surface area contributed by atoms with Gasteiger partial charge in [-0.1, -0.05) is 42.5 Å². The molecule has 2 aromatic carbocycles. The molecule has 0 spiro atoms. The van der Waals surface area contributed by atoms with Crippen LogP contribution in [0.1, 0.15) is 16.7 Å². The number of nitrogens with zero attached hydrogens (tertiary/aromatic N) is 2. The smallest absolute Gasteiger partial charge is 0.318 e. The van der Waals surface area contributed by atoms with Gasteiger partial charge < -0.3 is 15.0 Å². The van der Waals surface area contributed by atoms with Gasteiger partial charge in [-0.25, -0.2) is 9.78 Å². The van der Waals surface area contributed by atoms with E-state index in [1.165, 1.54) is 11.1 Å². The summed E-state index contributed by atoms with van der Waals surface area (Å²) in [6, 6.07) is 17.9. The quantitative estimate of drug-likeness (QED) is 0.798. The lowest BCUT2D eigenvalue weighted by atomic mass is 10.1. The molecule has 25 heavy (non-hydrogen) atoms. The molecule has 2 heterocycles. The van der Waals surface area contributed by atoms with Crippen LogP contribution >= 0.6 is 0 Å². The number of urea groups is 1. The predicted octanol–water partition coefficient (Wildman–Crippen LogP) is 3.47. The number of pyridine rings is 1. The first kappa shape index (κ1) is 15.4. The van der Waals surface area contributed by atoms with E-state index in [4.69, 9.17) is 4.74 Å². The fourth-order valence-corrected chi connectivity index (χ4v) is 3.23. The number of ether oxygens (including phenoxy) is 1. The van der Waals surface area contributed by atoms with Crippen molar-refractivity contribution >= 4 is 16.9 Å². The van der Waals surface area contributed by atoms with Crippen LogP contribution in [-0.4, -0.2) is 23.0 Å². The molecule has 1 aromatic heterocycles. The highest BCUT2D eigenvalue weighted by Crippen LogP contribution is 2.24. The lowest BCUT2D eigenvalue weighted by molar-refractivity contribution is 0.198. The summed E-state index contributed by atoms with van der Waals surface area (Å²) >= 11 is 0. The topological polar surface area (TPSA) is 54.5 Å². The summed E-state index contributed by atoms with van der Waals surface area (Å²) in [4.78, 5) is 18.8. The van der Waals surface area contributed by atoms with Gasteiger partial charge in [-0.3, -0.25) is 0 Å². The number of carbonyl (C=O) groups is 1. The average Bonchev–Trinajstić information content (AvgIpc) is 3.10. The maximum absolute atomic E-state index is 12.5. The van der Waals surface area contributed by atoms with Gasteiger partial charge in [0.1, 0.15) is 0 Å². The van der Waals surface area contributed by atoms with E-state index in [1.54, 1.807) is 7.11 Å². The number of benzene rings is 2. The summed E-state index contributed by atoms with van der Waals surface area (Å²) in [6.07, 6.45) is 0. The number of carbonyl (C=O) groups excluding carboxylic acids is 1. The van der Waals surface area contributed by atoms with Crippen molar-refractivity contribution in [2.45, 2.75) is 19.6 Å². The molecule has 4 rings (SSSR count). The zero-order valence-corrected chi connectivity index (χ0v) is 14.0. The molecule has 1 aliphatic rings. The highest BCUT2D eigenvalue weighted by Gasteiger charge is 2.22. The summed E-state index contributed by atoms with van der Waals surface area (Å²) in [6.45, 7) is 1.75. The van der Waals surface area contributed by atoms with Crippen molar-refractivity contribution in [1.29, 1.82) is 0 Å². The molecule has 2 amide bonds. The van der Waals surface area contributed by atoms with Crippen molar-refractivity contribution in [3.05, 3.63) is 71.3 Å². The second-order valence-electron chi connectivity index (χ2n) is 6.12. The number of rotatable bonds is 3. The summed E-state index contributed by atoms with van der Waals surface area (Å²) in [5, 5.41) is 4.04. The summed E-state index contributed by atoms with van der Waals surface area (Å²) in [5.41, 5.74) is 4.29. The third-order valence-corrected chi connectivity index (χ3v) is 4.55. The molecular weight excluding hydrogens is 314 g/mol. The van der Waals surface area contributed by atoms with E-state index in [9.17, 15) is 4.79 Å². The van der Waals surface area contributed by atoms with Crippen molar-refractivity contribution in [1.82, 2.24) is 15.2 Å². The first-order valence-corrected chi connectivity index (χ1v) is 8.27. The van der Waals surface area contributed by atoms with Gasteiger partial charge in [0.2, 0.25) is 5.88 Å². The molecule has 0 saturated carbocycles. The van der Waals surface area contributed by atoms with Crippen molar-refractivity contribution in [3.8, 4) is 5.88 Å². The normalized spacial score (nSPS) is 12.9. The van der Waals surface area contributed by atoms with Crippen LogP contribution in [0.2, 0.25) is 0 Å². The molecule has 1 N–H and O–H groups in total. The average molecular weight is 333 g/mol. The largest absolute Gasteiger partial charge is 0.481 e. The van der Waals surface area contributed by atoms with Gasteiger partial charge >= 0.3 is 6.03 Å². The number of amides is 2. The van der Waals surface area contributed by atoms with Crippen LogP contribution in [0.5, 0.6) is 5.88 Å². The Hall–Kier alpha value is -3.08. The monoisotopic (exact) mass is 333 g/mol. The molecule has 0 unspecified atom stereocenters. The van der Waals surface area contributed by atoms with Gasteiger partial charge in [0, 0.05) is 31.1 Å². The number of para-hydroxylation sites is 1. The molecule has 3 aromatic rings. The van der Waals surface area contributed by atoms with Crippen molar-refractivity contribution < 1.29 is 9.53 Å². The van der Waals surface area contributed by atoms with Crippen molar-refractivity contribution in [2.24, 2.45) is 0 Å². The SMILES string of the molecule is COc1cc(CNC(=O)N2Cc3ccccc3C2)c2ccccc2n1. The standard InChI is InChI=1S/C20H19N3O2/c1-25-19-10-16(17-8-4-5-9-18(17)22-19)11-21-20(24)23-12-14-6-2-3-7-15(14)13-23/h2-10H,11-13H2,1H3,(H,21,24). The number of hydrogen-bond acceptors (Lipinski definition) is 3. The van der Waals surface area contributed by atoms with Gasteiger partial charge in [-0.2, -0.15) is 0 Å². The summed E-state index contributed by atoms with van der Waals surface area (Å²) in [7, 11) is 1.60. The van der Waals surface area contributed by atoms with E-state index in [-0.39, 0.29) is 6.03 Å². The molecule has 0 radical (unpaired) electrons. The maximum Gasteiger partial charge on any atom is 0.318 e. The van der Waals surface area contributed by atoms with Crippen LogP contribution in [0.25, 0.3) is 10.9 Å². The van der Waals surface area contributed by atoms with E-state index in [0.29, 0.717) is 25.5 Å². The summed E-state index contributed by atoms with van der Waals surface area (Å²) < 4.78 is 5.28. The van der Waals surface area contributed by atoms with Crippen molar-refractivity contribution in [2.75, 3.05) is 7.11 Å². The molecule has 0 atom stereocenters. The van der Waals surface area contributed by atoms with E-state index < -0.39 is 0 Å². The second-order valence-corrected chi connectivity index (χ2v) is 6.12. The second kappa shape index (κ2) is 6.43. The van der Waals surface area contributed by atoms with Crippen LogP contribution in [-0.2, 0) is 19.6 Å². The van der Waals surface area contributed by atoms with Gasteiger partial charge in [0.05, 0.1) is 12.6 Å². The first-order chi connectivity index (χ1) is 12.2. The Morgan fingerprint density at radius 1 is 1.12 bits per heavy atom. The maximum atomic E-state index is 12.5. The molecule has 0 saturated heterocycles. The molecule has 0 aliphatic carbocycles. The number of nitrogens with one attached hydrogen (secondary N) is 1. The summed E-state index contributed by atoms with van der Waals surface area (Å²) in [5.74, 6) is 0.552. The zero-order chi connectivity index (χ0) is 17.2. The molecule has 0 fully saturated rings. The molecule has 0 bridgehead atoms. The molecular formula is C20H19N3O2. The van der Waals surface area contributed by atoms with Gasteiger partial charge in [0.15, 0.2) is 0 Å².